The van der Waals surface area contributed by atoms with Crippen LogP contribution in [0.25, 0.3) is 0 Å². The van der Waals surface area contributed by atoms with Gasteiger partial charge < -0.3 is 16.0 Å². The second-order valence-corrected chi connectivity index (χ2v) is 5.24. The maximum atomic E-state index is 12.2. The molecule has 21 heavy (non-hydrogen) atoms. The Morgan fingerprint density at radius 3 is 2.48 bits per heavy atom. The lowest BCUT2D eigenvalue weighted by Crippen LogP contribution is -2.42. The van der Waals surface area contributed by atoms with Crippen LogP contribution in [0.5, 0.6) is 0 Å². The number of hydrogen-bond donors (Lipinski definition) is 2. The number of benzene rings is 1. The van der Waals surface area contributed by atoms with E-state index in [-0.39, 0.29) is 17.7 Å². The Labute approximate surface area is 123 Å². The van der Waals surface area contributed by atoms with Crippen molar-refractivity contribution in [2.75, 3.05) is 18.4 Å². The van der Waals surface area contributed by atoms with Crippen molar-refractivity contribution >= 4 is 23.4 Å². The molecular formula is C15H19N3O3. The fourth-order valence-corrected chi connectivity index (χ4v) is 2.44. The number of hydrogen-bond acceptors (Lipinski definition) is 3. The highest BCUT2D eigenvalue weighted by molar-refractivity contribution is 5.95. The molecule has 2 rings (SSSR count). The number of anilines is 1. The van der Waals surface area contributed by atoms with Crippen molar-refractivity contribution in [3.8, 4) is 0 Å². The zero-order valence-electron chi connectivity index (χ0n) is 12.0. The van der Waals surface area contributed by atoms with Crippen molar-refractivity contribution in [3.63, 3.8) is 0 Å². The summed E-state index contributed by atoms with van der Waals surface area (Å²) >= 11 is 0. The van der Waals surface area contributed by atoms with Crippen LogP contribution in [0.4, 0.5) is 5.69 Å². The number of primary amides is 1. The fourth-order valence-electron chi connectivity index (χ4n) is 2.44. The lowest BCUT2D eigenvalue weighted by molar-refractivity contribution is -0.132. The third-order valence-electron chi connectivity index (χ3n) is 3.67. The first-order valence-corrected chi connectivity index (χ1v) is 6.93. The summed E-state index contributed by atoms with van der Waals surface area (Å²) in [6.07, 6.45) is 1.60. The summed E-state index contributed by atoms with van der Waals surface area (Å²) in [5.74, 6) is -0.804. The zero-order chi connectivity index (χ0) is 15.4. The number of nitrogens with two attached hydrogens (primary N) is 1. The summed E-state index contributed by atoms with van der Waals surface area (Å²) in [7, 11) is 0. The molecule has 1 saturated heterocycles. The van der Waals surface area contributed by atoms with Crippen LogP contribution in [-0.2, 0) is 9.59 Å². The number of amides is 3. The Hall–Kier alpha value is -2.37. The van der Waals surface area contributed by atoms with Crippen molar-refractivity contribution in [2.45, 2.75) is 19.8 Å². The summed E-state index contributed by atoms with van der Waals surface area (Å²) in [5, 5.41) is 2.81. The summed E-state index contributed by atoms with van der Waals surface area (Å²) in [6, 6.07) is 6.43. The van der Waals surface area contributed by atoms with Crippen LogP contribution in [0.15, 0.2) is 24.3 Å². The quantitative estimate of drug-likeness (QED) is 0.868. The maximum absolute atomic E-state index is 12.2. The molecule has 1 aliphatic heterocycles. The van der Waals surface area contributed by atoms with Crippen LogP contribution in [0.3, 0.4) is 0 Å². The molecule has 6 heteroatoms. The van der Waals surface area contributed by atoms with Gasteiger partial charge in [-0.15, -0.1) is 0 Å². The average molecular weight is 289 g/mol. The molecule has 1 aromatic carbocycles. The minimum absolute atomic E-state index is 0.00156. The van der Waals surface area contributed by atoms with Crippen molar-refractivity contribution in [2.24, 2.45) is 11.7 Å². The summed E-state index contributed by atoms with van der Waals surface area (Å²) in [4.78, 5) is 36.3. The number of piperidine rings is 1. The minimum atomic E-state index is -0.503. The molecule has 3 amide bonds. The van der Waals surface area contributed by atoms with E-state index in [1.165, 1.54) is 6.92 Å². The Morgan fingerprint density at radius 2 is 1.90 bits per heavy atom. The highest BCUT2D eigenvalue weighted by Crippen LogP contribution is 2.19. The predicted molar refractivity (Wildman–Crippen MR) is 78.6 cm³/mol. The topological polar surface area (TPSA) is 92.5 Å². The highest BCUT2D eigenvalue weighted by Gasteiger charge is 2.26. The van der Waals surface area contributed by atoms with Gasteiger partial charge in [-0.3, -0.25) is 14.4 Å². The average Bonchev–Trinajstić information content (AvgIpc) is 2.48. The SMILES string of the molecule is CC(=O)N1CCC[C@H](C(=O)Nc2ccc(C(N)=O)cc2)C1. The van der Waals surface area contributed by atoms with Gasteiger partial charge in [0.2, 0.25) is 17.7 Å². The molecule has 0 radical (unpaired) electrons. The zero-order valence-corrected chi connectivity index (χ0v) is 12.0. The molecule has 0 aliphatic carbocycles. The third kappa shape index (κ3) is 3.81. The van der Waals surface area contributed by atoms with Gasteiger partial charge in [0.25, 0.3) is 0 Å². The van der Waals surface area contributed by atoms with Crippen LogP contribution in [0.2, 0.25) is 0 Å². The standard InChI is InChI=1S/C15H19N3O3/c1-10(19)18-8-2-3-12(9-18)15(21)17-13-6-4-11(5-7-13)14(16)20/h4-7,12H,2-3,8-9H2,1H3,(H2,16,20)(H,17,21)/t12-/m0/s1. The molecule has 0 spiro atoms. The van der Waals surface area contributed by atoms with E-state index in [1.54, 1.807) is 29.2 Å². The first-order chi connectivity index (χ1) is 9.97. The van der Waals surface area contributed by atoms with Gasteiger partial charge in [-0.1, -0.05) is 0 Å². The number of likely N-dealkylation sites (tertiary alicyclic amines) is 1. The van der Waals surface area contributed by atoms with Crippen LogP contribution < -0.4 is 11.1 Å². The molecule has 1 aromatic rings. The van der Waals surface area contributed by atoms with Crippen molar-refractivity contribution in [1.29, 1.82) is 0 Å². The first kappa shape index (κ1) is 15.0. The monoisotopic (exact) mass is 289 g/mol. The summed E-state index contributed by atoms with van der Waals surface area (Å²) in [6.45, 7) is 2.69. The van der Waals surface area contributed by atoms with E-state index in [1.807, 2.05) is 0 Å². The molecule has 6 nitrogen and oxygen atoms in total. The van der Waals surface area contributed by atoms with E-state index >= 15 is 0 Å². The molecule has 1 aliphatic rings. The number of nitrogens with zero attached hydrogens (tertiary/aromatic N) is 1. The van der Waals surface area contributed by atoms with Gasteiger partial charge in [-0.2, -0.15) is 0 Å². The fraction of sp³-hybridized carbons (Fsp3) is 0.400. The van der Waals surface area contributed by atoms with Crippen molar-refractivity contribution in [1.82, 2.24) is 4.90 Å². The maximum Gasteiger partial charge on any atom is 0.248 e. The Balaban J connectivity index is 1.97. The largest absolute Gasteiger partial charge is 0.366 e. The Bertz CT molecular complexity index is 554. The van der Waals surface area contributed by atoms with Crippen molar-refractivity contribution < 1.29 is 14.4 Å². The van der Waals surface area contributed by atoms with E-state index in [0.717, 1.165) is 12.8 Å². The third-order valence-corrected chi connectivity index (χ3v) is 3.67. The lowest BCUT2D eigenvalue weighted by Gasteiger charge is -2.31. The number of carbonyl (C=O) groups is 3. The second kappa shape index (κ2) is 6.39. The van der Waals surface area contributed by atoms with Gasteiger partial charge in [0, 0.05) is 31.3 Å². The molecule has 1 atom stereocenters. The van der Waals surface area contributed by atoms with E-state index in [4.69, 9.17) is 5.73 Å². The van der Waals surface area contributed by atoms with Crippen LogP contribution in [-0.4, -0.2) is 35.7 Å². The molecule has 3 N–H and O–H groups in total. The summed E-state index contributed by atoms with van der Waals surface area (Å²) in [5.41, 5.74) is 6.17. The van der Waals surface area contributed by atoms with Gasteiger partial charge in [-0.05, 0) is 37.1 Å². The van der Waals surface area contributed by atoms with Gasteiger partial charge in [0.1, 0.15) is 0 Å². The molecule has 0 saturated carbocycles. The van der Waals surface area contributed by atoms with Gasteiger partial charge in [0.05, 0.1) is 5.92 Å². The lowest BCUT2D eigenvalue weighted by atomic mass is 9.97. The van der Waals surface area contributed by atoms with Crippen LogP contribution in [0.1, 0.15) is 30.1 Å². The summed E-state index contributed by atoms with van der Waals surface area (Å²) < 4.78 is 0. The number of carbonyl (C=O) groups excluding carboxylic acids is 3. The molecule has 0 bridgehead atoms. The predicted octanol–water partition coefficient (Wildman–Crippen LogP) is 0.982. The molecule has 112 valence electrons. The Kier molecular flexibility index (Phi) is 4.57. The van der Waals surface area contributed by atoms with E-state index in [0.29, 0.717) is 24.3 Å². The van der Waals surface area contributed by atoms with E-state index in [9.17, 15) is 14.4 Å². The van der Waals surface area contributed by atoms with Crippen LogP contribution in [0, 0.1) is 5.92 Å². The molecule has 0 unspecified atom stereocenters. The first-order valence-electron chi connectivity index (χ1n) is 6.93. The molecular weight excluding hydrogens is 270 g/mol. The van der Waals surface area contributed by atoms with Crippen molar-refractivity contribution in [3.05, 3.63) is 29.8 Å². The normalized spacial score (nSPS) is 18.1. The number of rotatable bonds is 3. The highest BCUT2D eigenvalue weighted by atomic mass is 16.2. The van der Waals surface area contributed by atoms with Gasteiger partial charge >= 0.3 is 0 Å². The van der Waals surface area contributed by atoms with Gasteiger partial charge in [-0.25, -0.2) is 0 Å². The molecule has 1 heterocycles. The smallest absolute Gasteiger partial charge is 0.248 e. The minimum Gasteiger partial charge on any atom is -0.366 e. The van der Waals surface area contributed by atoms with E-state index < -0.39 is 5.91 Å². The second-order valence-electron chi connectivity index (χ2n) is 5.24. The van der Waals surface area contributed by atoms with E-state index in [2.05, 4.69) is 5.32 Å². The number of nitrogens with one attached hydrogen (secondary N) is 1. The van der Waals surface area contributed by atoms with Gasteiger partial charge in [0.15, 0.2) is 0 Å². The molecule has 0 aromatic heterocycles. The Morgan fingerprint density at radius 1 is 1.24 bits per heavy atom. The van der Waals surface area contributed by atoms with Crippen LogP contribution >= 0.6 is 0 Å². The molecule has 1 fully saturated rings.